The Morgan fingerprint density at radius 3 is 2.68 bits per heavy atom. The average Bonchev–Trinajstić information content (AvgIpc) is 2.95. The van der Waals surface area contributed by atoms with Gasteiger partial charge in [-0.2, -0.15) is 0 Å². The monoisotopic (exact) mass is 251 g/mol. The van der Waals surface area contributed by atoms with Crippen molar-refractivity contribution in [2.45, 2.75) is 0 Å². The smallest absolute Gasteiger partial charge is 0.275 e. The molecule has 0 atom stereocenters. The van der Waals surface area contributed by atoms with Gasteiger partial charge in [-0.1, -0.05) is 24.3 Å². The SMILES string of the molecule is CN(C(=O)c1cccc2nccn12)c1ccccc1. The number of para-hydroxylation sites is 1. The molecule has 0 saturated carbocycles. The molecule has 4 heteroatoms. The number of pyridine rings is 1. The summed E-state index contributed by atoms with van der Waals surface area (Å²) in [6, 6.07) is 15.1. The summed E-state index contributed by atoms with van der Waals surface area (Å²) >= 11 is 0. The first-order valence-electron chi connectivity index (χ1n) is 6.02. The minimum atomic E-state index is -0.0604. The molecule has 1 aromatic carbocycles. The van der Waals surface area contributed by atoms with E-state index in [2.05, 4.69) is 4.98 Å². The molecule has 94 valence electrons. The van der Waals surface area contributed by atoms with Crippen LogP contribution in [-0.2, 0) is 0 Å². The van der Waals surface area contributed by atoms with Crippen LogP contribution in [0.15, 0.2) is 60.9 Å². The van der Waals surface area contributed by atoms with Gasteiger partial charge in [-0.25, -0.2) is 4.98 Å². The van der Waals surface area contributed by atoms with Crippen LogP contribution in [-0.4, -0.2) is 22.3 Å². The van der Waals surface area contributed by atoms with Crippen molar-refractivity contribution in [2.24, 2.45) is 0 Å². The maximum Gasteiger partial charge on any atom is 0.275 e. The van der Waals surface area contributed by atoms with Crippen LogP contribution in [0.2, 0.25) is 0 Å². The van der Waals surface area contributed by atoms with Gasteiger partial charge in [0.2, 0.25) is 0 Å². The second kappa shape index (κ2) is 4.57. The van der Waals surface area contributed by atoms with Crippen molar-refractivity contribution < 1.29 is 4.79 Å². The van der Waals surface area contributed by atoms with E-state index in [4.69, 9.17) is 0 Å². The van der Waals surface area contributed by atoms with Crippen LogP contribution in [0.3, 0.4) is 0 Å². The van der Waals surface area contributed by atoms with Crippen molar-refractivity contribution in [1.82, 2.24) is 9.38 Å². The summed E-state index contributed by atoms with van der Waals surface area (Å²) in [5, 5.41) is 0. The van der Waals surface area contributed by atoms with E-state index in [-0.39, 0.29) is 5.91 Å². The molecule has 2 aromatic heterocycles. The Morgan fingerprint density at radius 1 is 1.11 bits per heavy atom. The molecule has 0 saturated heterocycles. The Labute approximate surface area is 110 Å². The van der Waals surface area contributed by atoms with Gasteiger partial charge in [0.15, 0.2) is 0 Å². The van der Waals surface area contributed by atoms with Crippen LogP contribution in [0.5, 0.6) is 0 Å². The minimum absolute atomic E-state index is 0.0604. The summed E-state index contributed by atoms with van der Waals surface area (Å²) < 4.78 is 1.79. The summed E-state index contributed by atoms with van der Waals surface area (Å²) in [5.74, 6) is -0.0604. The third-order valence-corrected chi connectivity index (χ3v) is 3.10. The first-order valence-corrected chi connectivity index (χ1v) is 6.02. The van der Waals surface area contributed by atoms with E-state index < -0.39 is 0 Å². The number of carbonyl (C=O) groups excluding carboxylic acids is 1. The molecular formula is C15H13N3O. The first-order chi connectivity index (χ1) is 9.27. The number of benzene rings is 1. The van der Waals surface area contributed by atoms with Gasteiger partial charge in [0.1, 0.15) is 11.3 Å². The zero-order valence-corrected chi connectivity index (χ0v) is 10.5. The molecule has 0 unspecified atom stereocenters. The summed E-state index contributed by atoms with van der Waals surface area (Å²) in [5.41, 5.74) is 2.23. The van der Waals surface area contributed by atoms with Crippen LogP contribution < -0.4 is 4.90 Å². The summed E-state index contributed by atoms with van der Waals surface area (Å²) in [6.45, 7) is 0. The standard InChI is InChI=1S/C15H13N3O/c1-17(12-6-3-2-4-7-12)15(19)13-8-5-9-14-16-10-11-18(13)14/h2-11H,1H3. The summed E-state index contributed by atoms with van der Waals surface area (Å²) in [4.78, 5) is 18.4. The highest BCUT2D eigenvalue weighted by Gasteiger charge is 2.15. The Hall–Kier alpha value is -2.62. The molecule has 1 amide bonds. The van der Waals surface area contributed by atoms with Crippen LogP contribution in [0.1, 0.15) is 10.5 Å². The Bertz CT molecular complexity index is 718. The van der Waals surface area contributed by atoms with E-state index in [0.717, 1.165) is 11.3 Å². The molecule has 0 fully saturated rings. The number of aromatic nitrogens is 2. The first kappa shape index (κ1) is 11.5. The minimum Gasteiger partial charge on any atom is -0.310 e. The number of fused-ring (bicyclic) bond motifs is 1. The normalized spacial score (nSPS) is 10.6. The molecule has 19 heavy (non-hydrogen) atoms. The molecular weight excluding hydrogens is 238 g/mol. The van der Waals surface area contributed by atoms with E-state index in [0.29, 0.717) is 5.69 Å². The average molecular weight is 251 g/mol. The zero-order chi connectivity index (χ0) is 13.2. The van der Waals surface area contributed by atoms with Gasteiger partial charge in [-0.05, 0) is 24.3 Å². The second-order valence-corrected chi connectivity index (χ2v) is 4.27. The number of imidazole rings is 1. The van der Waals surface area contributed by atoms with E-state index in [1.807, 2.05) is 42.5 Å². The summed E-state index contributed by atoms with van der Waals surface area (Å²) in [6.07, 6.45) is 3.48. The van der Waals surface area contributed by atoms with E-state index in [1.54, 1.807) is 34.8 Å². The lowest BCUT2D eigenvalue weighted by molar-refractivity contribution is 0.0987. The van der Waals surface area contributed by atoms with Gasteiger partial charge in [0.25, 0.3) is 5.91 Å². The molecule has 0 aliphatic rings. The topological polar surface area (TPSA) is 37.6 Å². The number of amides is 1. The fraction of sp³-hybridized carbons (Fsp3) is 0.0667. The Morgan fingerprint density at radius 2 is 1.89 bits per heavy atom. The molecule has 0 bridgehead atoms. The van der Waals surface area contributed by atoms with E-state index in [1.165, 1.54) is 0 Å². The highest BCUT2D eigenvalue weighted by molar-refractivity contribution is 6.04. The Kier molecular flexibility index (Phi) is 2.76. The quantitative estimate of drug-likeness (QED) is 0.702. The van der Waals surface area contributed by atoms with Gasteiger partial charge in [0, 0.05) is 25.1 Å². The Balaban J connectivity index is 2.02. The second-order valence-electron chi connectivity index (χ2n) is 4.27. The van der Waals surface area contributed by atoms with Gasteiger partial charge in [-0.15, -0.1) is 0 Å². The van der Waals surface area contributed by atoms with E-state index >= 15 is 0 Å². The number of nitrogens with zero attached hydrogens (tertiary/aromatic N) is 3. The number of anilines is 1. The van der Waals surface area contributed by atoms with Crippen LogP contribution >= 0.6 is 0 Å². The maximum absolute atomic E-state index is 12.5. The van der Waals surface area contributed by atoms with Gasteiger partial charge < -0.3 is 4.90 Å². The number of rotatable bonds is 2. The molecule has 2 heterocycles. The van der Waals surface area contributed by atoms with Crippen LogP contribution in [0.4, 0.5) is 5.69 Å². The number of carbonyl (C=O) groups is 1. The predicted octanol–water partition coefficient (Wildman–Crippen LogP) is 2.61. The third kappa shape index (κ3) is 1.97. The zero-order valence-electron chi connectivity index (χ0n) is 10.5. The fourth-order valence-electron chi connectivity index (χ4n) is 2.06. The van der Waals surface area contributed by atoms with Gasteiger partial charge in [-0.3, -0.25) is 9.20 Å². The number of hydrogen-bond donors (Lipinski definition) is 0. The predicted molar refractivity (Wildman–Crippen MR) is 74.4 cm³/mol. The molecule has 3 rings (SSSR count). The van der Waals surface area contributed by atoms with Gasteiger partial charge in [0.05, 0.1) is 0 Å². The molecule has 0 aliphatic heterocycles. The van der Waals surface area contributed by atoms with Gasteiger partial charge >= 0.3 is 0 Å². The van der Waals surface area contributed by atoms with Crippen LogP contribution in [0, 0.1) is 0 Å². The lowest BCUT2D eigenvalue weighted by Gasteiger charge is -2.17. The van der Waals surface area contributed by atoms with Crippen molar-refractivity contribution in [3.05, 3.63) is 66.6 Å². The molecule has 3 aromatic rings. The lowest BCUT2D eigenvalue weighted by Crippen LogP contribution is -2.27. The van der Waals surface area contributed by atoms with Crippen LogP contribution in [0.25, 0.3) is 5.65 Å². The molecule has 0 aliphatic carbocycles. The number of hydrogen-bond acceptors (Lipinski definition) is 2. The largest absolute Gasteiger partial charge is 0.310 e. The third-order valence-electron chi connectivity index (χ3n) is 3.10. The highest BCUT2D eigenvalue weighted by Crippen LogP contribution is 2.15. The molecule has 0 N–H and O–H groups in total. The van der Waals surface area contributed by atoms with E-state index in [9.17, 15) is 4.79 Å². The summed E-state index contributed by atoms with van der Waals surface area (Å²) in [7, 11) is 1.77. The molecule has 4 nitrogen and oxygen atoms in total. The molecule has 0 spiro atoms. The van der Waals surface area contributed by atoms with Crippen molar-refractivity contribution in [2.75, 3.05) is 11.9 Å². The fourth-order valence-corrected chi connectivity index (χ4v) is 2.06. The molecule has 0 radical (unpaired) electrons. The van der Waals surface area contributed by atoms with Crippen molar-refractivity contribution in [3.63, 3.8) is 0 Å². The van der Waals surface area contributed by atoms with Crippen molar-refractivity contribution in [3.8, 4) is 0 Å². The van der Waals surface area contributed by atoms with Crippen molar-refractivity contribution in [1.29, 1.82) is 0 Å². The maximum atomic E-state index is 12.5. The highest BCUT2D eigenvalue weighted by atomic mass is 16.2. The lowest BCUT2D eigenvalue weighted by atomic mass is 10.2. The van der Waals surface area contributed by atoms with Crippen molar-refractivity contribution >= 4 is 17.2 Å².